The second-order valence-electron chi connectivity index (χ2n) is 4.67. The van der Waals surface area contributed by atoms with Crippen LogP contribution in [0.4, 0.5) is 8.78 Å². The molecule has 0 heterocycles. The quantitative estimate of drug-likeness (QED) is 0.842. The summed E-state index contributed by atoms with van der Waals surface area (Å²) in [6.07, 6.45) is 0.102. The van der Waals surface area contributed by atoms with Gasteiger partial charge in [0.2, 0.25) is 0 Å². The molecule has 18 heavy (non-hydrogen) atoms. The van der Waals surface area contributed by atoms with Gasteiger partial charge >= 0.3 is 0 Å². The first-order valence-electron chi connectivity index (χ1n) is 6.41. The molecule has 1 fully saturated rings. The predicted octanol–water partition coefficient (Wildman–Crippen LogP) is 3.28. The lowest BCUT2D eigenvalue weighted by molar-refractivity contribution is -0.0102. The van der Waals surface area contributed by atoms with E-state index in [1.54, 1.807) is 12.1 Å². The summed E-state index contributed by atoms with van der Waals surface area (Å²) < 4.78 is 30.2. The van der Waals surface area contributed by atoms with Crippen molar-refractivity contribution in [1.29, 1.82) is 0 Å². The van der Waals surface area contributed by atoms with Crippen molar-refractivity contribution in [2.24, 2.45) is 0 Å². The summed E-state index contributed by atoms with van der Waals surface area (Å²) in [5, 5.41) is 3.40. The topological polar surface area (TPSA) is 21.3 Å². The van der Waals surface area contributed by atoms with Gasteiger partial charge in [-0.1, -0.05) is 24.3 Å². The first kappa shape index (κ1) is 13.4. The number of hydrogen-bond acceptors (Lipinski definition) is 2. The molecule has 1 aromatic rings. The Bertz CT molecular complexity index is 361. The molecule has 100 valence electrons. The summed E-state index contributed by atoms with van der Waals surface area (Å²) in [5.74, 6) is 0. The van der Waals surface area contributed by atoms with Gasteiger partial charge in [0.1, 0.15) is 0 Å². The molecule has 0 unspecified atom stereocenters. The number of hydrogen-bond donors (Lipinski definition) is 1. The van der Waals surface area contributed by atoms with E-state index in [9.17, 15) is 8.78 Å². The maximum Gasteiger partial charge on any atom is 0.263 e. The van der Waals surface area contributed by atoms with Gasteiger partial charge in [0, 0.05) is 24.8 Å². The molecule has 1 saturated carbocycles. The Morgan fingerprint density at radius 1 is 1.28 bits per heavy atom. The van der Waals surface area contributed by atoms with E-state index in [1.807, 2.05) is 6.92 Å². The molecule has 0 atom stereocenters. The van der Waals surface area contributed by atoms with Crippen molar-refractivity contribution in [1.82, 2.24) is 5.32 Å². The molecule has 2 nitrogen and oxygen atoms in total. The highest BCUT2D eigenvalue weighted by atomic mass is 19.3. The van der Waals surface area contributed by atoms with Crippen LogP contribution in [0.15, 0.2) is 24.3 Å². The van der Waals surface area contributed by atoms with Crippen LogP contribution in [-0.2, 0) is 11.3 Å². The van der Waals surface area contributed by atoms with Crippen molar-refractivity contribution < 1.29 is 13.5 Å². The molecule has 0 bridgehead atoms. The first-order valence-corrected chi connectivity index (χ1v) is 6.41. The third-order valence-corrected chi connectivity index (χ3v) is 3.32. The monoisotopic (exact) mass is 255 g/mol. The number of ether oxygens (including phenoxy) is 1. The van der Waals surface area contributed by atoms with Gasteiger partial charge in [-0.3, -0.25) is 0 Å². The molecule has 0 saturated heterocycles. The van der Waals surface area contributed by atoms with Crippen LogP contribution in [-0.4, -0.2) is 18.8 Å². The van der Waals surface area contributed by atoms with Gasteiger partial charge in [-0.15, -0.1) is 0 Å². The van der Waals surface area contributed by atoms with E-state index >= 15 is 0 Å². The minimum absolute atomic E-state index is 0.0822. The molecular formula is C14H19F2NO. The predicted molar refractivity (Wildman–Crippen MR) is 66.7 cm³/mol. The van der Waals surface area contributed by atoms with Crippen LogP contribution >= 0.6 is 0 Å². The minimum Gasteiger partial charge on any atom is -0.378 e. The highest BCUT2D eigenvalue weighted by Crippen LogP contribution is 2.24. The van der Waals surface area contributed by atoms with Crippen molar-refractivity contribution in [2.75, 3.05) is 6.61 Å². The lowest BCUT2D eigenvalue weighted by Gasteiger charge is -2.35. The minimum atomic E-state index is -2.38. The van der Waals surface area contributed by atoms with Crippen LogP contribution in [0.3, 0.4) is 0 Å². The SMILES string of the molecule is CCOC1CC(NCc2ccc(C(F)F)cc2)C1. The second-order valence-corrected chi connectivity index (χ2v) is 4.67. The van der Waals surface area contributed by atoms with Gasteiger partial charge < -0.3 is 10.1 Å². The van der Waals surface area contributed by atoms with Crippen LogP contribution < -0.4 is 5.32 Å². The Kier molecular flexibility index (Phi) is 4.66. The Labute approximate surface area is 106 Å². The molecule has 0 spiro atoms. The Balaban J connectivity index is 1.71. The van der Waals surface area contributed by atoms with Crippen LogP contribution in [0.25, 0.3) is 0 Å². The zero-order valence-corrected chi connectivity index (χ0v) is 10.5. The zero-order valence-electron chi connectivity index (χ0n) is 10.5. The van der Waals surface area contributed by atoms with Crippen LogP contribution in [0.2, 0.25) is 0 Å². The highest BCUT2D eigenvalue weighted by Gasteiger charge is 2.28. The van der Waals surface area contributed by atoms with Crippen LogP contribution in [0.5, 0.6) is 0 Å². The molecule has 4 heteroatoms. The van der Waals surface area contributed by atoms with Gasteiger partial charge in [0.15, 0.2) is 0 Å². The molecule has 0 amide bonds. The van der Waals surface area contributed by atoms with E-state index in [0.29, 0.717) is 12.1 Å². The van der Waals surface area contributed by atoms with Gasteiger partial charge in [-0.25, -0.2) is 8.78 Å². The van der Waals surface area contributed by atoms with Gasteiger partial charge in [-0.05, 0) is 25.3 Å². The number of nitrogens with one attached hydrogen (secondary N) is 1. The molecule has 0 aliphatic heterocycles. The van der Waals surface area contributed by atoms with Crippen LogP contribution in [0, 0.1) is 0 Å². The van der Waals surface area contributed by atoms with Crippen molar-refractivity contribution >= 4 is 0 Å². The first-order chi connectivity index (χ1) is 8.69. The maximum atomic E-state index is 12.4. The van der Waals surface area contributed by atoms with Gasteiger partial charge in [-0.2, -0.15) is 0 Å². The third-order valence-electron chi connectivity index (χ3n) is 3.32. The average Bonchev–Trinajstić information content (AvgIpc) is 2.32. The Hall–Kier alpha value is -1.00. The fraction of sp³-hybridized carbons (Fsp3) is 0.571. The number of rotatable bonds is 6. The Morgan fingerprint density at radius 2 is 1.94 bits per heavy atom. The molecule has 2 rings (SSSR count). The van der Waals surface area contributed by atoms with Crippen molar-refractivity contribution in [3.63, 3.8) is 0 Å². The van der Waals surface area contributed by atoms with E-state index in [4.69, 9.17) is 4.74 Å². The normalized spacial score (nSPS) is 23.1. The van der Waals surface area contributed by atoms with Crippen molar-refractivity contribution in [3.05, 3.63) is 35.4 Å². The fourth-order valence-corrected chi connectivity index (χ4v) is 2.15. The summed E-state index contributed by atoms with van der Waals surface area (Å²) in [4.78, 5) is 0. The average molecular weight is 255 g/mol. The second kappa shape index (κ2) is 6.25. The molecular weight excluding hydrogens is 236 g/mol. The molecule has 1 aromatic carbocycles. The summed E-state index contributed by atoms with van der Waals surface area (Å²) in [6.45, 7) is 3.50. The van der Waals surface area contributed by atoms with E-state index in [0.717, 1.165) is 31.6 Å². The number of halogens is 2. The van der Waals surface area contributed by atoms with E-state index in [2.05, 4.69) is 5.32 Å². The summed E-state index contributed by atoms with van der Waals surface area (Å²) in [6, 6.07) is 6.99. The van der Waals surface area contributed by atoms with Crippen LogP contribution in [0.1, 0.15) is 37.3 Å². The molecule has 1 aliphatic rings. The molecule has 1 N–H and O–H groups in total. The third kappa shape index (κ3) is 3.50. The van der Waals surface area contributed by atoms with E-state index in [1.165, 1.54) is 12.1 Å². The number of benzene rings is 1. The zero-order chi connectivity index (χ0) is 13.0. The smallest absolute Gasteiger partial charge is 0.263 e. The Morgan fingerprint density at radius 3 is 2.50 bits per heavy atom. The van der Waals surface area contributed by atoms with E-state index in [-0.39, 0.29) is 5.56 Å². The standard InChI is InChI=1S/C14H19F2NO/c1-2-18-13-7-12(8-13)17-9-10-3-5-11(6-4-10)14(15)16/h3-6,12-14,17H,2,7-9H2,1H3. The van der Waals surface area contributed by atoms with E-state index < -0.39 is 6.43 Å². The largest absolute Gasteiger partial charge is 0.378 e. The van der Waals surface area contributed by atoms with Crippen molar-refractivity contribution in [2.45, 2.75) is 44.9 Å². The van der Waals surface area contributed by atoms with Gasteiger partial charge in [0.05, 0.1) is 6.10 Å². The summed E-state index contributed by atoms with van der Waals surface area (Å²) in [5.41, 5.74) is 1.12. The summed E-state index contributed by atoms with van der Waals surface area (Å²) in [7, 11) is 0. The molecule has 0 radical (unpaired) electrons. The maximum absolute atomic E-state index is 12.4. The molecule has 0 aromatic heterocycles. The van der Waals surface area contributed by atoms with Crippen molar-refractivity contribution in [3.8, 4) is 0 Å². The lowest BCUT2D eigenvalue weighted by Crippen LogP contribution is -2.45. The number of alkyl halides is 2. The molecule has 1 aliphatic carbocycles. The lowest BCUT2D eigenvalue weighted by atomic mass is 9.89. The highest BCUT2D eigenvalue weighted by molar-refractivity contribution is 5.23. The van der Waals surface area contributed by atoms with Gasteiger partial charge in [0.25, 0.3) is 6.43 Å². The summed E-state index contributed by atoms with van der Waals surface area (Å²) >= 11 is 0. The fourth-order valence-electron chi connectivity index (χ4n) is 2.15.